The van der Waals surface area contributed by atoms with Crippen molar-refractivity contribution in [1.82, 2.24) is 4.90 Å². The van der Waals surface area contributed by atoms with E-state index in [9.17, 15) is 9.90 Å². The van der Waals surface area contributed by atoms with Gasteiger partial charge in [-0.3, -0.25) is 9.69 Å². The van der Waals surface area contributed by atoms with Crippen LogP contribution in [0.4, 0.5) is 0 Å². The number of aliphatic carboxylic acids is 1. The molecule has 0 atom stereocenters. The third-order valence-corrected chi connectivity index (χ3v) is 8.48. The van der Waals surface area contributed by atoms with E-state index in [0.717, 1.165) is 63.9 Å². The predicted octanol–water partition coefficient (Wildman–Crippen LogP) is 6.86. The molecule has 4 heteroatoms. The largest absolute Gasteiger partial charge is 0.490 e. The number of fused-ring (bicyclic) bond motifs is 1. The van der Waals surface area contributed by atoms with E-state index < -0.39 is 5.97 Å². The fourth-order valence-corrected chi connectivity index (χ4v) is 6.04. The lowest BCUT2D eigenvalue weighted by atomic mass is 9.83. The summed E-state index contributed by atoms with van der Waals surface area (Å²) in [4.78, 5) is 13.7. The number of hydrogen-bond acceptors (Lipinski definition) is 3. The van der Waals surface area contributed by atoms with Gasteiger partial charge in [0.2, 0.25) is 0 Å². The summed E-state index contributed by atoms with van der Waals surface area (Å²) in [6.45, 7) is 4.88. The van der Waals surface area contributed by atoms with E-state index in [1.165, 1.54) is 40.7 Å². The lowest BCUT2D eigenvalue weighted by Gasteiger charge is -2.31. The maximum Gasteiger partial charge on any atom is 0.306 e. The number of carbonyl (C=O) groups is 1. The minimum Gasteiger partial charge on any atom is -0.490 e. The Labute approximate surface area is 215 Å². The summed E-state index contributed by atoms with van der Waals surface area (Å²) in [5.41, 5.74) is 6.92. The zero-order valence-corrected chi connectivity index (χ0v) is 21.5. The van der Waals surface area contributed by atoms with Crippen LogP contribution in [-0.2, 0) is 11.2 Å². The summed E-state index contributed by atoms with van der Waals surface area (Å²) in [5, 5.41) is 9.28. The van der Waals surface area contributed by atoms with Gasteiger partial charge in [-0.15, -0.1) is 0 Å². The first-order valence-corrected chi connectivity index (χ1v) is 13.7. The summed E-state index contributed by atoms with van der Waals surface area (Å²) < 4.78 is 6.47. The molecule has 2 aliphatic carbocycles. The van der Waals surface area contributed by atoms with Gasteiger partial charge in [-0.25, -0.2) is 0 Å². The molecule has 3 aliphatic rings. The van der Waals surface area contributed by atoms with Gasteiger partial charge in [0, 0.05) is 6.54 Å². The van der Waals surface area contributed by atoms with Gasteiger partial charge in [-0.1, -0.05) is 54.1 Å². The summed E-state index contributed by atoms with van der Waals surface area (Å²) in [7, 11) is 0. The zero-order chi connectivity index (χ0) is 24.9. The van der Waals surface area contributed by atoms with E-state index in [2.05, 4.69) is 72.5 Å². The third-order valence-electron chi connectivity index (χ3n) is 8.48. The second-order valence-electron chi connectivity index (χ2n) is 10.9. The maximum atomic E-state index is 11.3. The van der Waals surface area contributed by atoms with Gasteiger partial charge in [0.25, 0.3) is 0 Å². The topological polar surface area (TPSA) is 49.8 Å². The fraction of sp³-hybridized carbons (Fsp3) is 0.469. The van der Waals surface area contributed by atoms with Crippen LogP contribution < -0.4 is 4.74 Å². The summed E-state index contributed by atoms with van der Waals surface area (Å²) in [6.07, 6.45) is 13.0. The van der Waals surface area contributed by atoms with Crippen molar-refractivity contribution in [3.05, 3.63) is 82.4 Å². The van der Waals surface area contributed by atoms with E-state index in [1.54, 1.807) is 0 Å². The van der Waals surface area contributed by atoms with Crippen molar-refractivity contribution in [3.63, 3.8) is 0 Å². The Morgan fingerprint density at radius 2 is 1.69 bits per heavy atom. The maximum absolute atomic E-state index is 11.3. The van der Waals surface area contributed by atoms with Crippen molar-refractivity contribution >= 4 is 12.0 Å². The minimum absolute atomic E-state index is 0.178. The molecule has 1 saturated heterocycles. The Kier molecular flexibility index (Phi) is 7.91. The van der Waals surface area contributed by atoms with Crippen molar-refractivity contribution < 1.29 is 14.6 Å². The van der Waals surface area contributed by atoms with E-state index in [0.29, 0.717) is 12.0 Å². The molecule has 0 amide bonds. The highest BCUT2D eigenvalue weighted by molar-refractivity contribution is 5.70. The van der Waals surface area contributed by atoms with Crippen molar-refractivity contribution in [2.24, 2.45) is 5.92 Å². The van der Waals surface area contributed by atoms with Crippen LogP contribution in [0.25, 0.3) is 6.08 Å². The van der Waals surface area contributed by atoms with E-state index in [1.807, 2.05) is 0 Å². The molecule has 1 saturated carbocycles. The Bertz CT molecular complexity index is 1100. The molecule has 36 heavy (non-hydrogen) atoms. The SMILES string of the molecule is CC1=C(CN2CCC(C(=O)O)CC2)C=Cc2cc(OC3CCC(c4ccccc4)CC3)ccc2CC1. The number of carboxylic acid groups (broad SMARTS) is 1. The van der Waals surface area contributed by atoms with E-state index in [-0.39, 0.29) is 5.92 Å². The molecule has 190 valence electrons. The summed E-state index contributed by atoms with van der Waals surface area (Å²) >= 11 is 0. The molecule has 5 rings (SSSR count). The number of rotatable bonds is 6. The van der Waals surface area contributed by atoms with Crippen molar-refractivity contribution in [1.29, 1.82) is 0 Å². The van der Waals surface area contributed by atoms with Crippen molar-refractivity contribution in [2.45, 2.75) is 70.3 Å². The second kappa shape index (κ2) is 11.5. The minimum atomic E-state index is -0.644. The van der Waals surface area contributed by atoms with Crippen LogP contribution in [0.5, 0.6) is 5.75 Å². The molecule has 1 N–H and O–H groups in total. The quantitative estimate of drug-likeness (QED) is 0.485. The lowest BCUT2D eigenvalue weighted by molar-refractivity contribution is -0.143. The Morgan fingerprint density at radius 1 is 0.944 bits per heavy atom. The van der Waals surface area contributed by atoms with Gasteiger partial charge in [0.15, 0.2) is 0 Å². The van der Waals surface area contributed by atoms with Crippen LogP contribution in [0, 0.1) is 5.92 Å². The molecule has 1 aliphatic heterocycles. The number of hydrogen-bond donors (Lipinski definition) is 1. The van der Waals surface area contributed by atoms with Crippen LogP contribution in [0.15, 0.2) is 65.8 Å². The van der Waals surface area contributed by atoms with Crippen LogP contribution in [0.1, 0.15) is 74.5 Å². The van der Waals surface area contributed by atoms with Crippen LogP contribution in [-0.4, -0.2) is 41.7 Å². The first kappa shape index (κ1) is 24.8. The van der Waals surface area contributed by atoms with Gasteiger partial charge in [-0.05, 0) is 112 Å². The predicted molar refractivity (Wildman–Crippen MR) is 145 cm³/mol. The van der Waals surface area contributed by atoms with Crippen LogP contribution in [0.3, 0.4) is 0 Å². The zero-order valence-electron chi connectivity index (χ0n) is 21.5. The monoisotopic (exact) mass is 485 g/mol. The number of aryl methyl sites for hydroxylation is 1. The van der Waals surface area contributed by atoms with Gasteiger partial charge >= 0.3 is 5.97 Å². The highest BCUT2D eigenvalue weighted by atomic mass is 16.5. The molecule has 4 nitrogen and oxygen atoms in total. The fourth-order valence-electron chi connectivity index (χ4n) is 6.04. The molecule has 0 bridgehead atoms. The molecule has 0 spiro atoms. The average molecular weight is 486 g/mol. The van der Waals surface area contributed by atoms with Gasteiger partial charge in [0.1, 0.15) is 5.75 Å². The van der Waals surface area contributed by atoms with Gasteiger partial charge < -0.3 is 9.84 Å². The second-order valence-corrected chi connectivity index (χ2v) is 10.9. The first-order valence-electron chi connectivity index (χ1n) is 13.7. The molecule has 2 aromatic rings. The van der Waals surface area contributed by atoms with Crippen molar-refractivity contribution in [2.75, 3.05) is 19.6 Å². The molecule has 0 radical (unpaired) electrons. The Morgan fingerprint density at radius 3 is 2.42 bits per heavy atom. The molecular weight excluding hydrogens is 446 g/mol. The summed E-state index contributed by atoms with van der Waals surface area (Å²) in [5.74, 6) is 0.825. The smallest absolute Gasteiger partial charge is 0.306 e. The first-order chi connectivity index (χ1) is 17.5. The highest BCUT2D eigenvalue weighted by Crippen LogP contribution is 2.35. The summed E-state index contributed by atoms with van der Waals surface area (Å²) in [6, 6.07) is 17.5. The number of ether oxygens (including phenoxy) is 1. The normalized spacial score (nSPS) is 23.6. The number of nitrogens with zero attached hydrogens (tertiary/aromatic N) is 1. The number of carboxylic acids is 1. The number of likely N-dealkylation sites (tertiary alicyclic amines) is 1. The number of benzene rings is 2. The van der Waals surface area contributed by atoms with Gasteiger partial charge in [0.05, 0.1) is 12.0 Å². The number of piperidine rings is 1. The molecular formula is C32H39NO3. The molecule has 0 unspecified atom stereocenters. The standard InChI is InChI=1S/C32H39NO3/c1-23-7-8-26-13-16-31(36-30-14-11-25(12-15-30)24-5-3-2-4-6-24)21-28(26)9-10-29(23)22-33-19-17-27(18-20-33)32(34)35/h2-6,9-10,13,16,21,25,27,30H,7-8,11-12,14-15,17-20,22H2,1H3,(H,34,35). The van der Waals surface area contributed by atoms with Gasteiger partial charge in [-0.2, -0.15) is 0 Å². The van der Waals surface area contributed by atoms with Crippen molar-refractivity contribution in [3.8, 4) is 5.75 Å². The highest BCUT2D eigenvalue weighted by Gasteiger charge is 2.25. The Hall–Kier alpha value is -2.85. The third kappa shape index (κ3) is 6.10. The number of allylic oxidation sites excluding steroid dienone is 1. The molecule has 2 fully saturated rings. The van der Waals surface area contributed by atoms with Crippen LogP contribution in [0.2, 0.25) is 0 Å². The molecule has 2 aromatic carbocycles. The lowest BCUT2D eigenvalue weighted by Crippen LogP contribution is -2.37. The van der Waals surface area contributed by atoms with E-state index in [4.69, 9.17) is 4.74 Å². The molecule has 1 heterocycles. The Balaban J connectivity index is 1.20. The average Bonchev–Trinajstić information content (AvgIpc) is 2.90. The van der Waals surface area contributed by atoms with E-state index >= 15 is 0 Å². The van der Waals surface area contributed by atoms with Crippen LogP contribution >= 0.6 is 0 Å². The molecule has 0 aromatic heterocycles.